The summed E-state index contributed by atoms with van der Waals surface area (Å²) in [6, 6.07) is 9.87. The zero-order chi connectivity index (χ0) is 31.0. The number of carbonyl (C=O) groups excluding carboxylic acids is 1. The largest absolute Gasteiger partial charge is 0.467 e. The van der Waals surface area contributed by atoms with E-state index < -0.39 is 5.60 Å². The maximum absolute atomic E-state index is 12.6. The predicted molar refractivity (Wildman–Crippen MR) is 168 cm³/mol. The van der Waals surface area contributed by atoms with E-state index in [9.17, 15) is 4.79 Å². The van der Waals surface area contributed by atoms with Gasteiger partial charge >= 0.3 is 6.09 Å². The van der Waals surface area contributed by atoms with Gasteiger partial charge in [-0.2, -0.15) is 0 Å². The number of H-pyrrole nitrogens is 1. The molecule has 1 fully saturated rings. The number of aromatic amines is 1. The summed E-state index contributed by atoms with van der Waals surface area (Å²) in [5, 5.41) is 10.1. The second kappa shape index (κ2) is 11.9. The lowest BCUT2D eigenvalue weighted by molar-refractivity contribution is 0.0159. The zero-order valence-electron chi connectivity index (χ0n) is 26.2. The maximum atomic E-state index is 12.6. The van der Waals surface area contributed by atoms with Crippen LogP contribution < -0.4 is 14.5 Å². The second-order valence-electron chi connectivity index (χ2n) is 12.4. The molecule has 0 aliphatic carbocycles. The number of benzene rings is 1. The van der Waals surface area contributed by atoms with Gasteiger partial charge in [0.15, 0.2) is 12.4 Å². The number of piperazine rings is 1. The fraction of sp³-hybridized carbons (Fsp3) is 0.469. The zero-order valence-corrected chi connectivity index (χ0v) is 26.2. The van der Waals surface area contributed by atoms with Crippen molar-refractivity contribution in [3.05, 3.63) is 54.0 Å². The van der Waals surface area contributed by atoms with Crippen LogP contribution in [0.3, 0.4) is 0 Å². The van der Waals surface area contributed by atoms with Crippen molar-refractivity contribution in [3.8, 4) is 17.0 Å². The lowest BCUT2D eigenvalue weighted by Gasteiger charge is -2.41. The molecule has 4 aromatic rings. The van der Waals surface area contributed by atoms with Crippen molar-refractivity contribution < 1.29 is 19.0 Å². The van der Waals surface area contributed by atoms with Gasteiger partial charge in [-0.25, -0.2) is 14.8 Å². The number of anilines is 2. The summed E-state index contributed by atoms with van der Waals surface area (Å²) >= 11 is 0. The molecule has 1 amide bonds. The average Bonchev–Trinajstić information content (AvgIpc) is 3.38. The summed E-state index contributed by atoms with van der Waals surface area (Å²) < 4.78 is 16.5. The van der Waals surface area contributed by atoms with E-state index in [1.165, 1.54) is 5.56 Å². The maximum Gasteiger partial charge on any atom is 0.410 e. The quantitative estimate of drug-likeness (QED) is 0.304. The van der Waals surface area contributed by atoms with E-state index in [0.717, 1.165) is 46.6 Å². The number of aromatic nitrogens is 5. The van der Waals surface area contributed by atoms with Crippen molar-refractivity contribution in [2.24, 2.45) is 0 Å². The predicted octanol–water partition coefficient (Wildman–Crippen LogP) is 4.97. The SMILES string of the molecule is COCOc1ccccc1-c1cc2c3c([nH]c2nn1)CCN(c1ncc(N2CCN(C(=O)OC(C)(C)C)[C@@H](C)C2)cn1)[C@@H]3C. The molecular weight excluding hydrogens is 560 g/mol. The molecule has 0 unspecified atom stereocenters. The number of nitrogens with zero attached hydrogens (tertiary/aromatic N) is 7. The Balaban J connectivity index is 1.20. The smallest absolute Gasteiger partial charge is 0.410 e. The van der Waals surface area contributed by atoms with Gasteiger partial charge in [0.25, 0.3) is 0 Å². The first-order valence-corrected chi connectivity index (χ1v) is 15.1. The van der Waals surface area contributed by atoms with Crippen LogP contribution in [0.1, 0.15) is 51.9 Å². The standard InChI is InChI=1S/C32H40N8O4/c1-20-18-38(13-14-39(20)31(41)44-32(3,4)5)22-16-33-30(34-17-22)40-12-11-25-28(21(40)2)24-15-26(36-37-29(24)35-25)23-9-7-8-10-27(23)43-19-42-6/h7-10,15-17,20-21H,11-14,18-19H2,1-6H3,(H,35,37)/t20-,21+/m0/s1. The number of nitrogens with one attached hydrogen (secondary N) is 1. The van der Waals surface area contributed by atoms with Gasteiger partial charge in [-0.1, -0.05) is 12.1 Å². The van der Waals surface area contributed by atoms with Crippen LogP contribution in [0.2, 0.25) is 0 Å². The van der Waals surface area contributed by atoms with Crippen molar-refractivity contribution in [2.75, 3.05) is 49.9 Å². The van der Waals surface area contributed by atoms with Crippen LogP contribution >= 0.6 is 0 Å². The number of ether oxygens (including phenoxy) is 3. The Morgan fingerprint density at radius 3 is 2.57 bits per heavy atom. The summed E-state index contributed by atoms with van der Waals surface area (Å²) in [6.07, 6.45) is 4.31. The van der Waals surface area contributed by atoms with Gasteiger partial charge in [0.2, 0.25) is 5.95 Å². The Morgan fingerprint density at radius 2 is 1.84 bits per heavy atom. The normalized spacial score (nSPS) is 18.8. The third-order valence-electron chi connectivity index (χ3n) is 8.16. The van der Waals surface area contributed by atoms with E-state index >= 15 is 0 Å². The molecule has 44 heavy (non-hydrogen) atoms. The van der Waals surface area contributed by atoms with Crippen molar-refractivity contribution in [1.29, 1.82) is 0 Å². The van der Waals surface area contributed by atoms with Crippen LogP contribution in [0.15, 0.2) is 42.7 Å². The monoisotopic (exact) mass is 600 g/mol. The molecule has 0 bridgehead atoms. The Labute approximate surface area is 257 Å². The third-order valence-corrected chi connectivity index (χ3v) is 8.16. The van der Waals surface area contributed by atoms with Crippen molar-refractivity contribution in [3.63, 3.8) is 0 Å². The molecule has 0 spiro atoms. The highest BCUT2D eigenvalue weighted by atomic mass is 16.7. The summed E-state index contributed by atoms with van der Waals surface area (Å²) in [4.78, 5) is 32.0. The number of para-hydroxylation sites is 1. The Hall–Kier alpha value is -4.45. The van der Waals surface area contributed by atoms with E-state index in [-0.39, 0.29) is 25.0 Å². The molecule has 12 nitrogen and oxygen atoms in total. The van der Waals surface area contributed by atoms with Crippen LogP contribution in [0.25, 0.3) is 22.3 Å². The van der Waals surface area contributed by atoms with Crippen LogP contribution in [0.4, 0.5) is 16.4 Å². The summed E-state index contributed by atoms with van der Waals surface area (Å²) in [6.45, 7) is 12.8. The van der Waals surface area contributed by atoms with Gasteiger partial charge in [0.1, 0.15) is 11.4 Å². The topological polar surface area (TPSA) is 122 Å². The summed E-state index contributed by atoms with van der Waals surface area (Å²) in [7, 11) is 1.60. The lowest BCUT2D eigenvalue weighted by Crippen LogP contribution is -2.55. The molecule has 1 N–H and O–H groups in total. The second-order valence-corrected chi connectivity index (χ2v) is 12.4. The number of fused-ring (bicyclic) bond motifs is 3. The molecule has 12 heteroatoms. The van der Waals surface area contributed by atoms with Gasteiger partial charge in [-0.05, 0) is 52.8 Å². The van der Waals surface area contributed by atoms with Crippen LogP contribution in [-0.2, 0) is 15.9 Å². The highest BCUT2D eigenvalue weighted by molar-refractivity contribution is 5.86. The Morgan fingerprint density at radius 1 is 1.07 bits per heavy atom. The molecule has 3 aromatic heterocycles. The Kier molecular flexibility index (Phi) is 8.02. The first kappa shape index (κ1) is 29.6. The third kappa shape index (κ3) is 5.86. The van der Waals surface area contributed by atoms with Crippen LogP contribution in [0, 0.1) is 0 Å². The Bertz CT molecular complexity index is 1630. The number of carbonyl (C=O) groups is 1. The number of methoxy groups -OCH3 is 1. The molecule has 1 saturated heterocycles. The van der Waals surface area contributed by atoms with Crippen molar-refractivity contribution >= 4 is 28.8 Å². The highest BCUT2D eigenvalue weighted by Gasteiger charge is 2.33. The van der Waals surface area contributed by atoms with E-state index in [1.54, 1.807) is 12.0 Å². The molecule has 232 valence electrons. The number of rotatable bonds is 6. The van der Waals surface area contributed by atoms with Gasteiger partial charge in [-0.15, -0.1) is 10.2 Å². The van der Waals surface area contributed by atoms with E-state index in [0.29, 0.717) is 31.3 Å². The summed E-state index contributed by atoms with van der Waals surface area (Å²) in [5.41, 5.74) is 5.11. The molecule has 2 aliphatic heterocycles. The van der Waals surface area contributed by atoms with E-state index in [2.05, 4.69) is 38.0 Å². The number of amides is 1. The molecule has 0 radical (unpaired) electrons. The van der Waals surface area contributed by atoms with Crippen LogP contribution in [-0.4, -0.2) is 87.9 Å². The average molecular weight is 601 g/mol. The van der Waals surface area contributed by atoms with Crippen LogP contribution in [0.5, 0.6) is 5.75 Å². The molecule has 2 aliphatic rings. The van der Waals surface area contributed by atoms with E-state index in [1.807, 2.05) is 64.4 Å². The minimum absolute atomic E-state index is 0.00665. The number of hydrogen-bond acceptors (Lipinski definition) is 10. The van der Waals surface area contributed by atoms with Gasteiger partial charge in [-0.3, -0.25) is 0 Å². The highest BCUT2D eigenvalue weighted by Crippen LogP contribution is 2.38. The molecule has 5 heterocycles. The molecule has 2 atom stereocenters. The van der Waals surface area contributed by atoms with Gasteiger partial charge in [0.05, 0.1) is 29.8 Å². The first-order chi connectivity index (χ1) is 21.1. The van der Waals surface area contributed by atoms with Gasteiger partial charge < -0.3 is 33.9 Å². The molecule has 1 aromatic carbocycles. The fourth-order valence-electron chi connectivity index (χ4n) is 6.06. The first-order valence-electron chi connectivity index (χ1n) is 15.1. The fourth-order valence-corrected chi connectivity index (χ4v) is 6.06. The minimum atomic E-state index is -0.517. The van der Waals surface area contributed by atoms with Crippen molar-refractivity contribution in [2.45, 2.75) is 58.7 Å². The number of hydrogen-bond donors (Lipinski definition) is 1. The van der Waals surface area contributed by atoms with Crippen molar-refractivity contribution in [1.82, 2.24) is 30.0 Å². The minimum Gasteiger partial charge on any atom is -0.467 e. The molecular formula is C32H40N8O4. The molecule has 6 rings (SSSR count). The summed E-state index contributed by atoms with van der Waals surface area (Å²) in [5.74, 6) is 1.37. The lowest BCUT2D eigenvalue weighted by atomic mass is 9.97. The van der Waals surface area contributed by atoms with Gasteiger partial charge in [0, 0.05) is 68.0 Å². The molecule has 0 saturated carbocycles. The van der Waals surface area contributed by atoms with E-state index in [4.69, 9.17) is 24.2 Å².